The number of nitrogens with two attached hydrogens (primary N) is 1. The molecule has 3 aromatic rings. The van der Waals surface area contributed by atoms with Crippen LogP contribution in [0.1, 0.15) is 5.56 Å². The van der Waals surface area contributed by atoms with Crippen LogP contribution in [0.2, 0.25) is 0 Å². The van der Waals surface area contributed by atoms with E-state index in [0.29, 0.717) is 4.88 Å². The lowest BCUT2D eigenvalue weighted by atomic mass is 10.1. The molecule has 0 unspecified atom stereocenters. The Kier molecular flexibility index (Phi) is 3.13. The molecule has 0 atom stereocenters. The second-order valence-corrected chi connectivity index (χ2v) is 5.02. The maximum Gasteiger partial charge on any atom is 0.416 e. The number of nitrogens with zero attached hydrogens (tertiary/aromatic N) is 3. The number of hydrogen-bond donors (Lipinski definition) is 1. The van der Waals surface area contributed by atoms with E-state index in [1.807, 2.05) is 0 Å². The van der Waals surface area contributed by atoms with Crippen molar-refractivity contribution in [1.82, 2.24) is 15.1 Å². The first-order valence-electron chi connectivity index (χ1n) is 5.64. The lowest BCUT2D eigenvalue weighted by Crippen LogP contribution is -2.06. The highest BCUT2D eigenvalue weighted by atomic mass is 32.1. The Morgan fingerprint density at radius 1 is 1.19 bits per heavy atom. The third-order valence-corrected chi connectivity index (χ3v) is 3.38. The summed E-state index contributed by atoms with van der Waals surface area (Å²) in [6.45, 7) is 0. The molecule has 2 heterocycles. The molecule has 0 saturated heterocycles. The van der Waals surface area contributed by atoms with Gasteiger partial charge in [-0.25, -0.2) is 0 Å². The van der Waals surface area contributed by atoms with Crippen LogP contribution in [-0.2, 0) is 6.18 Å². The number of aromatic nitrogens is 3. The zero-order valence-corrected chi connectivity index (χ0v) is 11.1. The summed E-state index contributed by atoms with van der Waals surface area (Å²) in [5, 5.41) is 3.72. The molecule has 2 aromatic heterocycles. The van der Waals surface area contributed by atoms with Crippen LogP contribution >= 0.6 is 11.3 Å². The van der Waals surface area contributed by atoms with E-state index < -0.39 is 11.7 Å². The molecule has 0 saturated carbocycles. The fraction of sp³-hybridized carbons (Fsp3) is 0.0833. The topological polar surface area (TPSA) is 77.8 Å². The summed E-state index contributed by atoms with van der Waals surface area (Å²) in [7, 11) is 0. The summed E-state index contributed by atoms with van der Waals surface area (Å²) in [4.78, 5) is 8.58. The second kappa shape index (κ2) is 4.85. The van der Waals surface area contributed by atoms with Crippen molar-refractivity contribution in [3.8, 4) is 22.2 Å². The van der Waals surface area contributed by atoms with Crippen LogP contribution in [0.4, 0.5) is 18.9 Å². The molecule has 3 rings (SSSR count). The van der Waals surface area contributed by atoms with Gasteiger partial charge in [-0.3, -0.25) is 4.98 Å². The monoisotopic (exact) mass is 312 g/mol. The summed E-state index contributed by atoms with van der Waals surface area (Å²) in [6, 6.07) is 3.11. The van der Waals surface area contributed by atoms with E-state index in [4.69, 9.17) is 10.3 Å². The highest BCUT2D eigenvalue weighted by molar-refractivity contribution is 7.13. The number of benzene rings is 1. The van der Waals surface area contributed by atoms with Gasteiger partial charge in [0.05, 0.1) is 16.0 Å². The molecule has 0 fully saturated rings. The van der Waals surface area contributed by atoms with Crippen molar-refractivity contribution in [1.29, 1.82) is 0 Å². The minimum absolute atomic E-state index is 0.0302. The number of anilines is 1. The summed E-state index contributed by atoms with van der Waals surface area (Å²) in [5.74, 6) is 0.236. The van der Waals surface area contributed by atoms with Crippen molar-refractivity contribution in [3.05, 3.63) is 35.5 Å². The van der Waals surface area contributed by atoms with Gasteiger partial charge in [-0.1, -0.05) is 5.16 Å². The Balaban J connectivity index is 2.03. The van der Waals surface area contributed by atoms with Gasteiger partial charge < -0.3 is 10.3 Å². The minimum Gasteiger partial charge on any atom is -0.399 e. The van der Waals surface area contributed by atoms with Crippen molar-refractivity contribution in [3.63, 3.8) is 0 Å². The van der Waals surface area contributed by atoms with Gasteiger partial charge >= 0.3 is 6.18 Å². The minimum atomic E-state index is -4.50. The molecule has 1 aromatic carbocycles. The van der Waals surface area contributed by atoms with Crippen molar-refractivity contribution < 1.29 is 17.7 Å². The molecule has 0 aliphatic carbocycles. The first-order valence-corrected chi connectivity index (χ1v) is 6.52. The third kappa shape index (κ3) is 2.72. The molecule has 0 spiro atoms. The van der Waals surface area contributed by atoms with Gasteiger partial charge in [-0.2, -0.15) is 18.2 Å². The van der Waals surface area contributed by atoms with Gasteiger partial charge in [0.2, 0.25) is 5.82 Å². The van der Waals surface area contributed by atoms with E-state index >= 15 is 0 Å². The average Bonchev–Trinajstić information content (AvgIpc) is 3.08. The van der Waals surface area contributed by atoms with Gasteiger partial charge in [0.15, 0.2) is 0 Å². The molecule has 0 aliphatic heterocycles. The molecule has 0 radical (unpaired) electrons. The summed E-state index contributed by atoms with van der Waals surface area (Å²) in [5.41, 5.74) is 6.31. The lowest BCUT2D eigenvalue weighted by molar-refractivity contribution is -0.137. The molecule has 0 bridgehead atoms. The van der Waals surface area contributed by atoms with Gasteiger partial charge in [0.25, 0.3) is 5.89 Å². The summed E-state index contributed by atoms with van der Waals surface area (Å²) < 4.78 is 43.3. The molecular weight excluding hydrogens is 305 g/mol. The normalized spacial score (nSPS) is 11.8. The molecule has 0 aliphatic rings. The van der Waals surface area contributed by atoms with E-state index in [-0.39, 0.29) is 23.0 Å². The SMILES string of the molecule is Nc1cc(-c2nc(-c3cncs3)no2)cc(C(F)(F)F)c1. The fourth-order valence-electron chi connectivity index (χ4n) is 1.71. The molecule has 108 valence electrons. The Morgan fingerprint density at radius 3 is 2.67 bits per heavy atom. The lowest BCUT2D eigenvalue weighted by Gasteiger charge is -2.08. The maximum atomic E-state index is 12.8. The quantitative estimate of drug-likeness (QED) is 0.733. The van der Waals surface area contributed by atoms with Gasteiger partial charge in [0.1, 0.15) is 0 Å². The second-order valence-electron chi connectivity index (χ2n) is 4.13. The first kappa shape index (κ1) is 13.6. The Morgan fingerprint density at radius 2 is 2.00 bits per heavy atom. The van der Waals surface area contributed by atoms with Crippen LogP contribution in [0.5, 0.6) is 0 Å². The fourth-order valence-corrected chi connectivity index (χ4v) is 2.25. The molecule has 0 amide bonds. The van der Waals surface area contributed by atoms with Crippen molar-refractivity contribution in [2.75, 3.05) is 5.73 Å². The van der Waals surface area contributed by atoms with Crippen molar-refractivity contribution in [2.24, 2.45) is 0 Å². The number of thiazole rings is 1. The van der Waals surface area contributed by atoms with E-state index in [2.05, 4.69) is 15.1 Å². The summed E-state index contributed by atoms with van der Waals surface area (Å²) >= 11 is 1.29. The highest BCUT2D eigenvalue weighted by Gasteiger charge is 2.31. The molecule has 2 N–H and O–H groups in total. The highest BCUT2D eigenvalue weighted by Crippen LogP contribution is 2.34. The zero-order valence-electron chi connectivity index (χ0n) is 10.3. The van der Waals surface area contributed by atoms with Crippen molar-refractivity contribution >= 4 is 17.0 Å². The van der Waals surface area contributed by atoms with Gasteiger partial charge in [-0.05, 0) is 18.2 Å². The predicted octanol–water partition coefficient (Wildman–Crippen LogP) is 3.46. The predicted molar refractivity (Wildman–Crippen MR) is 70.3 cm³/mol. The first-order chi connectivity index (χ1) is 9.93. The molecule has 5 nitrogen and oxygen atoms in total. The Hall–Kier alpha value is -2.42. The van der Waals surface area contributed by atoms with Crippen LogP contribution in [0.15, 0.2) is 34.4 Å². The van der Waals surface area contributed by atoms with E-state index in [1.165, 1.54) is 17.4 Å². The number of rotatable bonds is 2. The number of hydrogen-bond acceptors (Lipinski definition) is 6. The summed E-state index contributed by atoms with van der Waals surface area (Å²) in [6.07, 6.45) is -2.95. The molecular formula is C12H7F3N4OS. The van der Waals surface area contributed by atoms with Crippen LogP contribution in [0, 0.1) is 0 Å². The van der Waals surface area contributed by atoms with E-state index in [9.17, 15) is 13.2 Å². The zero-order chi connectivity index (χ0) is 15.0. The standard InChI is InChI=1S/C12H7F3N4OS/c13-12(14,15)7-1-6(2-8(16)3-7)11-18-10(19-20-11)9-4-17-5-21-9/h1-5H,16H2. The van der Waals surface area contributed by atoms with E-state index in [0.717, 1.165) is 12.1 Å². The number of nitrogen functional groups attached to an aromatic ring is 1. The van der Waals surface area contributed by atoms with Crippen molar-refractivity contribution in [2.45, 2.75) is 6.18 Å². The van der Waals surface area contributed by atoms with Crippen LogP contribution in [0.25, 0.3) is 22.2 Å². The molecule has 21 heavy (non-hydrogen) atoms. The Labute approximate surface area is 120 Å². The third-order valence-electron chi connectivity index (χ3n) is 2.61. The van der Waals surface area contributed by atoms with Gasteiger partial charge in [0, 0.05) is 17.4 Å². The average molecular weight is 312 g/mol. The van der Waals surface area contributed by atoms with Gasteiger partial charge in [-0.15, -0.1) is 11.3 Å². The largest absolute Gasteiger partial charge is 0.416 e. The smallest absolute Gasteiger partial charge is 0.399 e. The van der Waals surface area contributed by atoms with E-state index in [1.54, 1.807) is 11.7 Å². The Bertz CT molecular complexity index is 767. The van der Waals surface area contributed by atoms with Crippen LogP contribution in [-0.4, -0.2) is 15.1 Å². The molecule has 9 heteroatoms. The maximum absolute atomic E-state index is 12.8. The van der Waals surface area contributed by atoms with Crippen LogP contribution < -0.4 is 5.73 Å². The number of alkyl halides is 3. The van der Waals surface area contributed by atoms with Crippen LogP contribution in [0.3, 0.4) is 0 Å². The number of halogens is 3.